The summed E-state index contributed by atoms with van der Waals surface area (Å²) in [4.78, 5) is 0. The molecule has 0 radical (unpaired) electrons. The summed E-state index contributed by atoms with van der Waals surface area (Å²) in [6.45, 7) is 1.86. The van der Waals surface area contributed by atoms with Crippen LogP contribution in [0.4, 0.5) is 4.39 Å². The van der Waals surface area contributed by atoms with Gasteiger partial charge in [0.05, 0.1) is 22.6 Å². The van der Waals surface area contributed by atoms with Gasteiger partial charge >= 0.3 is 0 Å². The molecule has 0 atom stereocenters. The lowest BCUT2D eigenvalue weighted by Gasteiger charge is -2.07. The highest BCUT2D eigenvalue weighted by molar-refractivity contribution is 6.09. The number of halogens is 1. The molecule has 0 amide bonds. The average molecular weight is 317 g/mol. The minimum absolute atomic E-state index is 0.353. The summed E-state index contributed by atoms with van der Waals surface area (Å²) in [7, 11) is 1.88. The Hall–Kier alpha value is -3.19. The maximum absolute atomic E-state index is 15.5. The molecular formula is C20H14FN2O+. The van der Waals surface area contributed by atoms with Crippen molar-refractivity contribution in [1.29, 1.82) is 5.26 Å². The molecule has 2 heterocycles. The summed E-state index contributed by atoms with van der Waals surface area (Å²) in [6.07, 6.45) is 1.88. The second-order valence-corrected chi connectivity index (χ2v) is 5.84. The van der Waals surface area contributed by atoms with Crippen LogP contribution < -0.4 is 4.57 Å². The number of pyridine rings is 1. The molecule has 4 rings (SSSR count). The molecule has 24 heavy (non-hydrogen) atoms. The summed E-state index contributed by atoms with van der Waals surface area (Å²) >= 11 is 0. The number of hydrogen-bond donors (Lipinski definition) is 0. The second kappa shape index (κ2) is 5.17. The molecule has 0 aliphatic rings. The van der Waals surface area contributed by atoms with E-state index in [-0.39, 0.29) is 5.82 Å². The van der Waals surface area contributed by atoms with Crippen LogP contribution in [-0.4, -0.2) is 0 Å². The number of aryl methyl sites for hydroxylation is 2. The highest BCUT2D eigenvalue weighted by Crippen LogP contribution is 2.38. The van der Waals surface area contributed by atoms with Crippen molar-refractivity contribution in [2.45, 2.75) is 6.92 Å². The number of nitriles is 1. The summed E-state index contributed by atoms with van der Waals surface area (Å²) in [5.41, 5.74) is 3.50. The molecular weight excluding hydrogens is 303 g/mol. The Morgan fingerprint density at radius 3 is 2.67 bits per heavy atom. The van der Waals surface area contributed by atoms with E-state index < -0.39 is 0 Å². The van der Waals surface area contributed by atoms with Gasteiger partial charge in [0.1, 0.15) is 24.0 Å². The largest absolute Gasteiger partial charge is 0.456 e. The van der Waals surface area contributed by atoms with Gasteiger partial charge in [-0.2, -0.15) is 5.26 Å². The van der Waals surface area contributed by atoms with Crippen LogP contribution in [0.15, 0.2) is 53.1 Å². The SMILES string of the molecule is Cc1cc2oc3cccc(C#N)c3c2c(F)c1-c1cccc[n+]1C. The standard InChI is InChI=1S/C20H14FN2O/c1-12-10-16-19(18-13(11-22)6-5-8-15(18)24-16)20(21)17(12)14-7-3-4-9-23(14)2/h3-10H,1-2H3/q+1. The van der Waals surface area contributed by atoms with Gasteiger partial charge in [-0.05, 0) is 36.8 Å². The maximum atomic E-state index is 15.5. The third-order valence-corrected chi connectivity index (χ3v) is 4.35. The normalized spacial score (nSPS) is 11.1. The first kappa shape index (κ1) is 14.4. The van der Waals surface area contributed by atoms with Crippen LogP contribution in [0.3, 0.4) is 0 Å². The van der Waals surface area contributed by atoms with Crippen molar-refractivity contribution in [2.24, 2.45) is 7.05 Å². The lowest BCUT2D eigenvalue weighted by atomic mass is 9.98. The van der Waals surface area contributed by atoms with Crippen LogP contribution in [0.1, 0.15) is 11.1 Å². The van der Waals surface area contributed by atoms with Crippen LogP contribution in [0, 0.1) is 24.1 Å². The first-order valence-electron chi connectivity index (χ1n) is 7.61. The van der Waals surface area contributed by atoms with E-state index in [2.05, 4.69) is 6.07 Å². The first-order chi connectivity index (χ1) is 11.6. The predicted molar refractivity (Wildman–Crippen MR) is 89.7 cm³/mol. The lowest BCUT2D eigenvalue weighted by Crippen LogP contribution is -2.30. The molecule has 0 fully saturated rings. The quantitative estimate of drug-likeness (QED) is 0.488. The topological polar surface area (TPSA) is 40.8 Å². The van der Waals surface area contributed by atoms with Crippen molar-refractivity contribution in [1.82, 2.24) is 0 Å². The summed E-state index contributed by atoms with van der Waals surface area (Å²) < 4.78 is 23.2. The lowest BCUT2D eigenvalue weighted by molar-refractivity contribution is -0.660. The van der Waals surface area contributed by atoms with Gasteiger partial charge in [0.2, 0.25) is 5.69 Å². The fraction of sp³-hybridized carbons (Fsp3) is 0.100. The van der Waals surface area contributed by atoms with Crippen LogP contribution in [0.2, 0.25) is 0 Å². The van der Waals surface area contributed by atoms with E-state index in [1.54, 1.807) is 18.2 Å². The minimum Gasteiger partial charge on any atom is -0.456 e. The predicted octanol–water partition coefficient (Wildman–Crippen LogP) is 4.40. The molecule has 0 saturated heterocycles. The smallest absolute Gasteiger partial charge is 0.215 e. The number of fused-ring (bicyclic) bond motifs is 3. The van der Waals surface area contributed by atoms with Crippen LogP contribution in [0.25, 0.3) is 33.2 Å². The van der Waals surface area contributed by atoms with Crippen molar-refractivity contribution in [2.75, 3.05) is 0 Å². The van der Waals surface area contributed by atoms with Crippen LogP contribution in [-0.2, 0) is 7.05 Å². The molecule has 3 nitrogen and oxygen atoms in total. The van der Waals surface area contributed by atoms with Gasteiger partial charge in [-0.3, -0.25) is 0 Å². The highest BCUT2D eigenvalue weighted by atomic mass is 19.1. The van der Waals surface area contributed by atoms with Crippen molar-refractivity contribution in [3.63, 3.8) is 0 Å². The Kier molecular flexibility index (Phi) is 3.10. The number of hydrogen-bond acceptors (Lipinski definition) is 2. The Morgan fingerprint density at radius 2 is 1.92 bits per heavy atom. The van der Waals surface area contributed by atoms with E-state index >= 15 is 4.39 Å². The van der Waals surface area contributed by atoms with Crippen molar-refractivity contribution >= 4 is 21.9 Å². The van der Waals surface area contributed by atoms with Gasteiger partial charge in [0, 0.05) is 17.5 Å². The van der Waals surface area contributed by atoms with Gasteiger partial charge in [-0.1, -0.05) is 6.07 Å². The summed E-state index contributed by atoms with van der Waals surface area (Å²) in [6, 6.07) is 14.8. The van der Waals surface area contributed by atoms with E-state index in [1.807, 2.05) is 49.0 Å². The molecule has 4 aromatic rings. The zero-order valence-electron chi connectivity index (χ0n) is 13.3. The summed E-state index contributed by atoms with van der Waals surface area (Å²) in [5, 5.41) is 10.3. The molecule has 0 saturated carbocycles. The van der Waals surface area contributed by atoms with Crippen molar-refractivity contribution in [3.8, 4) is 17.3 Å². The van der Waals surface area contributed by atoms with Crippen molar-refractivity contribution in [3.05, 3.63) is 65.6 Å². The number of rotatable bonds is 1. The second-order valence-electron chi connectivity index (χ2n) is 5.84. The van der Waals surface area contributed by atoms with Crippen LogP contribution >= 0.6 is 0 Å². The number of aromatic nitrogens is 1. The first-order valence-corrected chi connectivity index (χ1v) is 7.61. The van der Waals surface area contributed by atoms with Gasteiger partial charge in [0.25, 0.3) is 0 Å². The fourth-order valence-electron chi connectivity index (χ4n) is 3.24. The van der Waals surface area contributed by atoms with Gasteiger partial charge < -0.3 is 4.42 Å². The fourth-order valence-corrected chi connectivity index (χ4v) is 3.24. The average Bonchev–Trinajstić information content (AvgIpc) is 2.94. The highest BCUT2D eigenvalue weighted by Gasteiger charge is 2.23. The number of nitrogens with zero attached hydrogens (tertiary/aromatic N) is 2. The summed E-state index contributed by atoms with van der Waals surface area (Å²) in [5.74, 6) is -0.353. The molecule has 0 bridgehead atoms. The van der Waals surface area contributed by atoms with E-state index in [4.69, 9.17) is 4.42 Å². The number of furan rings is 1. The van der Waals surface area contributed by atoms with E-state index in [9.17, 15) is 5.26 Å². The van der Waals surface area contributed by atoms with Gasteiger partial charge in [-0.25, -0.2) is 8.96 Å². The Bertz CT molecular complexity index is 1150. The molecule has 116 valence electrons. The molecule has 0 aliphatic heterocycles. The molecule has 0 aliphatic carbocycles. The van der Waals surface area contributed by atoms with Crippen molar-refractivity contribution < 1.29 is 13.4 Å². The molecule has 2 aromatic carbocycles. The minimum atomic E-state index is -0.353. The van der Waals surface area contributed by atoms with E-state index in [0.29, 0.717) is 33.1 Å². The Balaban J connectivity index is 2.20. The van der Waals surface area contributed by atoms with E-state index in [0.717, 1.165) is 11.3 Å². The maximum Gasteiger partial charge on any atom is 0.215 e. The van der Waals surface area contributed by atoms with Gasteiger partial charge in [0.15, 0.2) is 6.20 Å². The van der Waals surface area contributed by atoms with Crippen LogP contribution in [0.5, 0.6) is 0 Å². The third-order valence-electron chi connectivity index (χ3n) is 4.35. The number of benzene rings is 2. The zero-order chi connectivity index (χ0) is 16.8. The molecule has 0 N–H and O–H groups in total. The Labute approximate surface area is 138 Å². The molecule has 0 spiro atoms. The molecule has 0 unspecified atom stereocenters. The monoisotopic (exact) mass is 317 g/mol. The van der Waals surface area contributed by atoms with E-state index in [1.165, 1.54) is 0 Å². The molecule has 2 aromatic heterocycles. The third kappa shape index (κ3) is 1.92. The zero-order valence-corrected chi connectivity index (χ0v) is 13.3. The van der Waals surface area contributed by atoms with Gasteiger partial charge in [-0.15, -0.1) is 0 Å². The molecule has 4 heteroatoms. The Morgan fingerprint density at radius 1 is 1.08 bits per heavy atom.